The Morgan fingerprint density at radius 3 is 2.44 bits per heavy atom. The molecule has 1 unspecified atom stereocenters. The number of rotatable bonds is 3. The highest BCUT2D eigenvalue weighted by molar-refractivity contribution is 6.07. The van der Waals surface area contributed by atoms with Gasteiger partial charge in [0, 0.05) is 12.0 Å². The predicted octanol–water partition coefficient (Wildman–Crippen LogP) is 1.58. The van der Waals surface area contributed by atoms with Crippen LogP contribution in [0.1, 0.15) is 15.9 Å². The average Bonchev–Trinajstić information content (AvgIpc) is 2.66. The zero-order valence-corrected chi connectivity index (χ0v) is 9.02. The van der Waals surface area contributed by atoms with Crippen LogP contribution in [0.25, 0.3) is 0 Å². The Bertz CT molecular complexity index is 456. The van der Waals surface area contributed by atoms with E-state index in [-0.39, 0.29) is 12.2 Å². The molecule has 5 heteroatoms. The van der Waals surface area contributed by atoms with Gasteiger partial charge < -0.3 is 9.47 Å². The van der Waals surface area contributed by atoms with Crippen molar-refractivity contribution in [3.8, 4) is 11.5 Å². The lowest BCUT2D eigenvalue weighted by Gasteiger charge is -2.09. The second kappa shape index (κ2) is 3.92. The molecule has 0 fully saturated rings. The SMILES string of the molecule is COc1ccc(OC)c2c1CC(N=O)C2=O. The Kier molecular flexibility index (Phi) is 2.60. The van der Waals surface area contributed by atoms with Gasteiger partial charge in [0.05, 0.1) is 19.8 Å². The maximum absolute atomic E-state index is 11.8. The zero-order valence-electron chi connectivity index (χ0n) is 9.02. The van der Waals surface area contributed by atoms with E-state index in [1.807, 2.05) is 0 Å². The Hall–Kier alpha value is -1.91. The quantitative estimate of drug-likeness (QED) is 0.727. The second-order valence-electron chi connectivity index (χ2n) is 3.51. The number of nitroso groups, excluding NO2 is 1. The van der Waals surface area contributed by atoms with E-state index in [4.69, 9.17) is 9.47 Å². The van der Waals surface area contributed by atoms with Crippen molar-refractivity contribution in [2.45, 2.75) is 12.5 Å². The number of Topliss-reactive ketones (excluding diaryl/α,β-unsaturated/α-hetero) is 1. The largest absolute Gasteiger partial charge is 0.496 e. The van der Waals surface area contributed by atoms with Gasteiger partial charge in [-0.15, -0.1) is 0 Å². The highest BCUT2D eigenvalue weighted by atomic mass is 16.5. The van der Waals surface area contributed by atoms with Crippen molar-refractivity contribution in [3.05, 3.63) is 28.2 Å². The molecule has 0 spiro atoms. The molecule has 2 rings (SSSR count). The van der Waals surface area contributed by atoms with E-state index in [0.717, 1.165) is 0 Å². The van der Waals surface area contributed by atoms with E-state index < -0.39 is 6.04 Å². The number of ether oxygens (including phenoxy) is 2. The van der Waals surface area contributed by atoms with Crippen molar-refractivity contribution in [1.82, 2.24) is 0 Å². The molecule has 0 amide bonds. The van der Waals surface area contributed by atoms with Gasteiger partial charge in [-0.2, -0.15) is 4.91 Å². The first-order valence-electron chi connectivity index (χ1n) is 4.83. The third kappa shape index (κ3) is 1.36. The minimum absolute atomic E-state index is 0.290. The maximum Gasteiger partial charge on any atom is 0.195 e. The number of benzene rings is 1. The van der Waals surface area contributed by atoms with Gasteiger partial charge in [-0.05, 0) is 12.1 Å². The first-order valence-corrected chi connectivity index (χ1v) is 4.83. The van der Waals surface area contributed by atoms with E-state index in [0.29, 0.717) is 22.6 Å². The molecule has 1 aromatic rings. The van der Waals surface area contributed by atoms with Crippen LogP contribution in [0.5, 0.6) is 11.5 Å². The lowest BCUT2D eigenvalue weighted by Crippen LogP contribution is -2.12. The molecule has 1 aromatic carbocycles. The van der Waals surface area contributed by atoms with Crippen molar-refractivity contribution in [2.24, 2.45) is 5.18 Å². The number of ketones is 1. The van der Waals surface area contributed by atoms with Crippen LogP contribution in [-0.4, -0.2) is 26.0 Å². The number of nitrogens with zero attached hydrogens (tertiary/aromatic N) is 1. The second-order valence-corrected chi connectivity index (χ2v) is 3.51. The maximum atomic E-state index is 11.8. The minimum atomic E-state index is -0.847. The molecule has 0 saturated heterocycles. The summed E-state index contributed by atoms with van der Waals surface area (Å²) in [5.74, 6) is 0.767. The molecule has 0 radical (unpaired) electrons. The predicted molar refractivity (Wildman–Crippen MR) is 57.2 cm³/mol. The van der Waals surface area contributed by atoms with Crippen LogP contribution >= 0.6 is 0 Å². The number of hydrogen-bond acceptors (Lipinski definition) is 5. The van der Waals surface area contributed by atoms with E-state index in [2.05, 4.69) is 5.18 Å². The summed E-state index contributed by atoms with van der Waals surface area (Å²) in [6.07, 6.45) is 0.290. The van der Waals surface area contributed by atoms with Gasteiger partial charge in [0.2, 0.25) is 0 Å². The lowest BCUT2D eigenvalue weighted by atomic mass is 10.1. The standard InChI is InChI=1S/C11H11NO4/c1-15-8-3-4-9(16-2)10-6(8)5-7(12-14)11(10)13/h3-4,7H,5H2,1-2H3. The fourth-order valence-electron chi connectivity index (χ4n) is 1.98. The number of carbonyl (C=O) groups excluding carboxylic acids is 1. The van der Waals surface area contributed by atoms with Crippen LogP contribution in [0, 0.1) is 4.91 Å². The highest BCUT2D eigenvalue weighted by Gasteiger charge is 2.36. The Morgan fingerprint density at radius 2 is 1.88 bits per heavy atom. The molecule has 1 aliphatic rings. The fraction of sp³-hybridized carbons (Fsp3) is 0.364. The molecule has 16 heavy (non-hydrogen) atoms. The molecule has 0 aliphatic heterocycles. The molecule has 0 saturated carbocycles. The van der Waals surface area contributed by atoms with Gasteiger partial charge in [0.15, 0.2) is 11.8 Å². The molecule has 0 aromatic heterocycles. The first-order chi connectivity index (χ1) is 7.72. The summed E-state index contributed by atoms with van der Waals surface area (Å²) in [5, 5.41) is 2.82. The van der Waals surface area contributed by atoms with Gasteiger partial charge in [0.1, 0.15) is 11.5 Å². The van der Waals surface area contributed by atoms with E-state index in [1.54, 1.807) is 12.1 Å². The number of carbonyl (C=O) groups is 1. The number of fused-ring (bicyclic) bond motifs is 1. The Balaban J connectivity index is 2.60. The molecule has 0 heterocycles. The summed E-state index contributed by atoms with van der Waals surface area (Å²) in [7, 11) is 3.01. The normalized spacial score (nSPS) is 18.1. The van der Waals surface area contributed by atoms with Crippen molar-refractivity contribution in [1.29, 1.82) is 0 Å². The highest BCUT2D eigenvalue weighted by Crippen LogP contribution is 2.37. The fourth-order valence-corrected chi connectivity index (χ4v) is 1.98. The van der Waals surface area contributed by atoms with Crippen molar-refractivity contribution < 1.29 is 14.3 Å². The van der Waals surface area contributed by atoms with E-state index >= 15 is 0 Å². The molecule has 84 valence electrons. The van der Waals surface area contributed by atoms with Crippen LogP contribution in [0.15, 0.2) is 17.3 Å². The molecule has 1 atom stereocenters. The van der Waals surface area contributed by atoms with Gasteiger partial charge in [-0.1, -0.05) is 5.18 Å². The average molecular weight is 221 g/mol. The molecule has 0 bridgehead atoms. The van der Waals surface area contributed by atoms with E-state index in [1.165, 1.54) is 14.2 Å². The third-order valence-electron chi connectivity index (χ3n) is 2.75. The number of methoxy groups -OCH3 is 2. The molecular formula is C11H11NO4. The molecule has 5 nitrogen and oxygen atoms in total. The molecule has 0 N–H and O–H groups in total. The van der Waals surface area contributed by atoms with Gasteiger partial charge in [0.25, 0.3) is 0 Å². The van der Waals surface area contributed by atoms with Crippen LogP contribution in [0.2, 0.25) is 0 Å². The van der Waals surface area contributed by atoms with Crippen LogP contribution < -0.4 is 9.47 Å². The zero-order chi connectivity index (χ0) is 11.7. The Morgan fingerprint density at radius 1 is 1.25 bits per heavy atom. The van der Waals surface area contributed by atoms with Gasteiger partial charge in [-0.25, -0.2) is 0 Å². The monoisotopic (exact) mass is 221 g/mol. The minimum Gasteiger partial charge on any atom is -0.496 e. The van der Waals surface area contributed by atoms with Crippen LogP contribution in [0.4, 0.5) is 0 Å². The van der Waals surface area contributed by atoms with Crippen LogP contribution in [0.3, 0.4) is 0 Å². The van der Waals surface area contributed by atoms with E-state index in [9.17, 15) is 9.70 Å². The van der Waals surface area contributed by atoms with Gasteiger partial charge in [-0.3, -0.25) is 4.79 Å². The van der Waals surface area contributed by atoms with Crippen LogP contribution in [-0.2, 0) is 6.42 Å². The van der Waals surface area contributed by atoms with Crippen molar-refractivity contribution >= 4 is 5.78 Å². The summed E-state index contributed by atoms with van der Waals surface area (Å²) >= 11 is 0. The third-order valence-corrected chi connectivity index (χ3v) is 2.75. The summed E-state index contributed by atoms with van der Waals surface area (Å²) in [4.78, 5) is 22.4. The smallest absolute Gasteiger partial charge is 0.195 e. The molecule has 1 aliphatic carbocycles. The number of hydrogen-bond donors (Lipinski definition) is 0. The van der Waals surface area contributed by atoms with Gasteiger partial charge >= 0.3 is 0 Å². The summed E-state index contributed by atoms with van der Waals surface area (Å²) < 4.78 is 10.2. The topological polar surface area (TPSA) is 65.0 Å². The molecular weight excluding hydrogens is 210 g/mol. The summed E-state index contributed by atoms with van der Waals surface area (Å²) in [5.41, 5.74) is 1.13. The van der Waals surface area contributed by atoms with Crippen molar-refractivity contribution in [3.63, 3.8) is 0 Å². The summed E-state index contributed by atoms with van der Waals surface area (Å²) in [6.45, 7) is 0. The summed E-state index contributed by atoms with van der Waals surface area (Å²) in [6, 6.07) is 2.53. The van der Waals surface area contributed by atoms with Crippen molar-refractivity contribution in [2.75, 3.05) is 14.2 Å². The first kappa shape index (κ1) is 10.6. The Labute approximate surface area is 92.3 Å². The lowest BCUT2D eigenvalue weighted by molar-refractivity contribution is 0.0972.